The number of nitrogens with zero attached hydrogens (tertiary/aromatic N) is 4. The molecule has 0 aliphatic heterocycles. The highest BCUT2D eigenvalue weighted by Crippen LogP contribution is 2.36. The van der Waals surface area contributed by atoms with Crippen molar-refractivity contribution >= 4 is 29.4 Å². The van der Waals surface area contributed by atoms with Gasteiger partial charge in [0.2, 0.25) is 0 Å². The molecular formula is C18H20N4S. The van der Waals surface area contributed by atoms with Crippen molar-refractivity contribution in [3.63, 3.8) is 0 Å². The van der Waals surface area contributed by atoms with Crippen LogP contribution in [-0.2, 0) is 7.05 Å². The van der Waals surface area contributed by atoms with E-state index in [0.717, 1.165) is 22.2 Å². The maximum absolute atomic E-state index is 4.66. The molecule has 0 saturated carbocycles. The van der Waals surface area contributed by atoms with E-state index in [0.29, 0.717) is 5.92 Å². The van der Waals surface area contributed by atoms with Crippen LogP contribution in [0.1, 0.15) is 31.7 Å². The van der Waals surface area contributed by atoms with Gasteiger partial charge >= 0.3 is 0 Å². The quantitative estimate of drug-likeness (QED) is 0.712. The van der Waals surface area contributed by atoms with Gasteiger partial charge in [-0.25, -0.2) is 4.98 Å². The van der Waals surface area contributed by atoms with Crippen LogP contribution in [0.15, 0.2) is 36.9 Å². The zero-order valence-electron chi connectivity index (χ0n) is 13.4. The third-order valence-electron chi connectivity index (χ3n) is 4.71. The lowest BCUT2D eigenvalue weighted by molar-refractivity contribution is 0.601. The number of hydrogen-bond donors (Lipinski definition) is 1. The molecule has 1 aliphatic rings. The van der Waals surface area contributed by atoms with Crippen LogP contribution in [0.4, 0.5) is 0 Å². The van der Waals surface area contributed by atoms with E-state index in [9.17, 15) is 0 Å². The molecule has 1 aliphatic carbocycles. The van der Waals surface area contributed by atoms with Crippen molar-refractivity contribution in [3.8, 4) is 11.1 Å². The van der Waals surface area contributed by atoms with Crippen molar-refractivity contribution in [1.82, 2.24) is 18.7 Å². The highest BCUT2D eigenvalue weighted by molar-refractivity contribution is 7.78. The van der Waals surface area contributed by atoms with E-state index in [4.69, 9.17) is 0 Å². The molecule has 0 N–H and O–H groups in total. The van der Waals surface area contributed by atoms with Gasteiger partial charge < -0.3 is 0 Å². The van der Waals surface area contributed by atoms with Crippen LogP contribution in [0.2, 0.25) is 0 Å². The first-order valence-electron chi connectivity index (χ1n) is 8.03. The molecule has 4 rings (SSSR count). The van der Waals surface area contributed by atoms with E-state index in [1.54, 1.807) is 3.97 Å². The van der Waals surface area contributed by atoms with Gasteiger partial charge in [0.05, 0.1) is 6.20 Å². The Hall–Kier alpha value is -2.01. The molecule has 1 atom stereocenters. The number of allylic oxidation sites excluding steroid dienone is 2. The Balaban J connectivity index is 1.89. The molecule has 0 amide bonds. The largest absolute Gasteiger partial charge is 0.277 e. The number of rotatable bonds is 2. The fourth-order valence-electron chi connectivity index (χ4n) is 3.48. The maximum atomic E-state index is 4.66. The summed E-state index contributed by atoms with van der Waals surface area (Å²) in [5, 5.41) is 5.41. The first-order chi connectivity index (χ1) is 11.1. The molecule has 3 aromatic heterocycles. The van der Waals surface area contributed by atoms with Crippen LogP contribution in [0.25, 0.3) is 27.7 Å². The van der Waals surface area contributed by atoms with E-state index >= 15 is 0 Å². The lowest BCUT2D eigenvalue weighted by Gasteiger charge is -2.20. The van der Waals surface area contributed by atoms with Gasteiger partial charge in [-0.05, 0) is 42.4 Å². The highest BCUT2D eigenvalue weighted by Gasteiger charge is 2.18. The Labute approximate surface area is 141 Å². The number of hydrogen-bond acceptors (Lipinski definition) is 3. The summed E-state index contributed by atoms with van der Waals surface area (Å²) in [5.74, 6) is 0.600. The minimum atomic E-state index is 0.600. The van der Waals surface area contributed by atoms with Crippen molar-refractivity contribution in [3.05, 3.63) is 42.5 Å². The zero-order valence-corrected chi connectivity index (χ0v) is 14.3. The van der Waals surface area contributed by atoms with Gasteiger partial charge in [-0.15, -0.1) is 0 Å². The van der Waals surface area contributed by atoms with Gasteiger partial charge in [0.15, 0.2) is 0 Å². The third-order valence-corrected chi connectivity index (χ3v) is 5.02. The fraction of sp³-hybridized carbons (Fsp3) is 0.333. The van der Waals surface area contributed by atoms with Crippen LogP contribution >= 0.6 is 12.8 Å². The van der Waals surface area contributed by atoms with Gasteiger partial charge in [0.1, 0.15) is 5.65 Å². The van der Waals surface area contributed by atoms with Gasteiger partial charge in [0, 0.05) is 42.2 Å². The summed E-state index contributed by atoms with van der Waals surface area (Å²) in [6.45, 7) is 2.31. The predicted molar refractivity (Wildman–Crippen MR) is 97.3 cm³/mol. The molecule has 5 heteroatoms. The summed E-state index contributed by atoms with van der Waals surface area (Å²) in [7, 11) is 1.93. The Kier molecular flexibility index (Phi) is 3.53. The molecule has 4 nitrogen and oxygen atoms in total. The van der Waals surface area contributed by atoms with E-state index < -0.39 is 0 Å². The van der Waals surface area contributed by atoms with E-state index in [1.165, 1.54) is 30.4 Å². The van der Waals surface area contributed by atoms with E-state index in [2.05, 4.69) is 42.0 Å². The zero-order chi connectivity index (χ0) is 16.0. The number of thiol groups is 1. The Morgan fingerprint density at radius 1 is 1.22 bits per heavy atom. The first-order valence-corrected chi connectivity index (χ1v) is 8.43. The number of aromatic nitrogens is 4. The normalized spacial score (nSPS) is 18.4. The van der Waals surface area contributed by atoms with Gasteiger partial charge in [-0.3, -0.25) is 8.65 Å². The maximum Gasteiger partial charge on any atom is 0.150 e. The molecule has 0 aromatic carbocycles. The van der Waals surface area contributed by atoms with Crippen LogP contribution in [0.3, 0.4) is 0 Å². The molecule has 0 spiro atoms. The minimum Gasteiger partial charge on any atom is -0.277 e. The van der Waals surface area contributed by atoms with Crippen molar-refractivity contribution in [2.75, 3.05) is 0 Å². The number of aryl methyl sites for hydroxylation is 1. The van der Waals surface area contributed by atoms with Gasteiger partial charge in [0.25, 0.3) is 0 Å². The lowest BCUT2D eigenvalue weighted by Crippen LogP contribution is -2.04. The van der Waals surface area contributed by atoms with Gasteiger partial charge in [-0.2, -0.15) is 5.10 Å². The predicted octanol–water partition coefficient (Wildman–Crippen LogP) is 4.33. The first kappa shape index (κ1) is 14.6. The molecule has 3 heterocycles. The Bertz CT molecular complexity index is 903. The summed E-state index contributed by atoms with van der Waals surface area (Å²) in [6.07, 6.45) is 14.0. The molecule has 23 heavy (non-hydrogen) atoms. The summed E-state index contributed by atoms with van der Waals surface area (Å²) in [5.41, 5.74) is 5.76. The summed E-state index contributed by atoms with van der Waals surface area (Å²) >= 11 is 4.52. The minimum absolute atomic E-state index is 0.600. The van der Waals surface area contributed by atoms with Crippen molar-refractivity contribution < 1.29 is 0 Å². The summed E-state index contributed by atoms with van der Waals surface area (Å²) in [6, 6.07) is 2.26. The monoisotopic (exact) mass is 324 g/mol. The lowest BCUT2D eigenvalue weighted by atomic mass is 9.85. The fourth-order valence-corrected chi connectivity index (χ4v) is 3.75. The highest BCUT2D eigenvalue weighted by atomic mass is 32.1. The molecular weight excluding hydrogens is 304 g/mol. The second-order valence-electron chi connectivity index (χ2n) is 6.38. The van der Waals surface area contributed by atoms with Crippen LogP contribution in [0.5, 0.6) is 0 Å². The molecule has 0 fully saturated rings. The van der Waals surface area contributed by atoms with Gasteiger partial charge in [-0.1, -0.05) is 25.8 Å². The van der Waals surface area contributed by atoms with Crippen molar-refractivity contribution in [1.29, 1.82) is 0 Å². The number of pyridine rings is 1. The van der Waals surface area contributed by atoms with Crippen molar-refractivity contribution in [2.45, 2.75) is 26.2 Å². The Morgan fingerprint density at radius 3 is 2.83 bits per heavy atom. The Morgan fingerprint density at radius 2 is 2.09 bits per heavy atom. The van der Waals surface area contributed by atoms with Crippen LogP contribution in [-0.4, -0.2) is 18.7 Å². The molecule has 0 bridgehead atoms. The average molecular weight is 324 g/mol. The smallest absolute Gasteiger partial charge is 0.150 e. The molecule has 118 valence electrons. The molecule has 3 aromatic rings. The van der Waals surface area contributed by atoms with Crippen LogP contribution in [0, 0.1) is 5.92 Å². The topological polar surface area (TPSA) is 35.6 Å². The summed E-state index contributed by atoms with van der Waals surface area (Å²) < 4.78 is 3.61. The van der Waals surface area contributed by atoms with Crippen LogP contribution < -0.4 is 0 Å². The molecule has 0 saturated heterocycles. The molecule has 0 radical (unpaired) electrons. The second kappa shape index (κ2) is 5.57. The third kappa shape index (κ3) is 2.49. The summed E-state index contributed by atoms with van der Waals surface area (Å²) in [4.78, 5) is 4.66. The number of fused-ring (bicyclic) bond motifs is 1. The SMILES string of the molecule is CC1CCCC=C1c1cnc2c(c1)c(-c1cnn(C)c1)cn2S. The average Bonchev–Trinajstić information content (AvgIpc) is 3.11. The standard InChI is InChI=1S/C18H20N4S/c1-12-5-3-4-6-15(12)13-7-16-17(14-9-20-21(2)10-14)11-22(23)18(16)19-8-13/h6-12,23H,3-5H2,1-2H3. The molecule has 1 unspecified atom stereocenters. The van der Waals surface area contributed by atoms with Crippen molar-refractivity contribution in [2.24, 2.45) is 13.0 Å². The van der Waals surface area contributed by atoms with E-state index in [1.807, 2.05) is 36.5 Å². The van der Waals surface area contributed by atoms with E-state index in [-0.39, 0.29) is 0 Å². The second-order valence-corrected chi connectivity index (χ2v) is 6.81.